The van der Waals surface area contributed by atoms with E-state index in [4.69, 9.17) is 10.00 Å². The maximum atomic E-state index is 10.7. The van der Waals surface area contributed by atoms with Gasteiger partial charge in [0, 0.05) is 31.4 Å². The topological polar surface area (TPSA) is 88.2 Å². The second-order valence-corrected chi connectivity index (χ2v) is 4.98. The van der Waals surface area contributed by atoms with Gasteiger partial charge in [0.15, 0.2) is 0 Å². The Morgan fingerprint density at radius 2 is 2.20 bits per heavy atom. The van der Waals surface area contributed by atoms with Crippen molar-refractivity contribution in [3.63, 3.8) is 0 Å². The first-order valence-corrected chi connectivity index (χ1v) is 6.64. The largest absolute Gasteiger partial charge is 0.381 e. The van der Waals surface area contributed by atoms with Crippen molar-refractivity contribution in [3.8, 4) is 6.07 Å². The Bertz CT molecular complexity index is 533. The average Bonchev–Trinajstić information content (AvgIpc) is 2.48. The molecule has 0 radical (unpaired) electrons. The van der Waals surface area contributed by atoms with Crippen molar-refractivity contribution in [1.82, 2.24) is 0 Å². The number of rotatable bonds is 4. The van der Waals surface area contributed by atoms with Gasteiger partial charge in [-0.05, 0) is 31.7 Å². The molecule has 1 N–H and O–H groups in total. The van der Waals surface area contributed by atoms with E-state index < -0.39 is 4.92 Å². The molecule has 6 nitrogen and oxygen atoms in total. The molecule has 2 rings (SSSR count). The third-order valence-corrected chi connectivity index (χ3v) is 3.69. The summed E-state index contributed by atoms with van der Waals surface area (Å²) in [6.07, 6.45) is 1.98. The van der Waals surface area contributed by atoms with Gasteiger partial charge < -0.3 is 10.1 Å². The van der Waals surface area contributed by atoms with Crippen LogP contribution in [0.25, 0.3) is 0 Å². The predicted molar refractivity (Wildman–Crippen MR) is 74.4 cm³/mol. The number of hydrogen-bond donors (Lipinski definition) is 1. The smallest absolute Gasteiger partial charge is 0.270 e. The van der Waals surface area contributed by atoms with Crippen LogP contribution in [0.15, 0.2) is 18.2 Å². The van der Waals surface area contributed by atoms with Crippen LogP contribution < -0.4 is 5.32 Å². The Morgan fingerprint density at radius 3 is 2.80 bits per heavy atom. The number of ether oxygens (including phenoxy) is 1. The van der Waals surface area contributed by atoms with Gasteiger partial charge in [0.25, 0.3) is 5.69 Å². The molecule has 1 aliphatic rings. The highest BCUT2D eigenvalue weighted by molar-refractivity contribution is 5.61. The van der Waals surface area contributed by atoms with E-state index in [0.29, 0.717) is 17.2 Å². The lowest BCUT2D eigenvalue weighted by atomic mass is 9.92. The molecule has 0 aromatic heterocycles. The van der Waals surface area contributed by atoms with E-state index in [1.54, 1.807) is 6.07 Å². The van der Waals surface area contributed by atoms with Crippen LogP contribution in [0.2, 0.25) is 0 Å². The van der Waals surface area contributed by atoms with Crippen molar-refractivity contribution in [3.05, 3.63) is 33.9 Å². The number of nitrogens with zero attached hydrogens (tertiary/aromatic N) is 2. The summed E-state index contributed by atoms with van der Waals surface area (Å²) in [6, 6.07) is 6.53. The second-order valence-electron chi connectivity index (χ2n) is 4.98. The molecule has 0 aliphatic carbocycles. The molecule has 20 heavy (non-hydrogen) atoms. The zero-order valence-corrected chi connectivity index (χ0v) is 11.3. The van der Waals surface area contributed by atoms with Crippen molar-refractivity contribution in [1.29, 1.82) is 5.26 Å². The van der Waals surface area contributed by atoms with Crippen LogP contribution in [0.3, 0.4) is 0 Å². The van der Waals surface area contributed by atoms with Crippen LogP contribution in [0.4, 0.5) is 11.4 Å². The summed E-state index contributed by atoms with van der Waals surface area (Å²) < 4.78 is 5.33. The van der Waals surface area contributed by atoms with Gasteiger partial charge in [0.05, 0.1) is 16.2 Å². The van der Waals surface area contributed by atoms with Crippen LogP contribution in [0.1, 0.15) is 25.3 Å². The fourth-order valence-electron chi connectivity index (χ4n) is 2.44. The molecular weight excluding hydrogens is 258 g/mol. The molecule has 106 valence electrons. The van der Waals surface area contributed by atoms with Crippen molar-refractivity contribution in [2.75, 3.05) is 18.5 Å². The first kappa shape index (κ1) is 14.3. The zero-order chi connectivity index (χ0) is 14.5. The molecule has 1 saturated heterocycles. The lowest BCUT2D eigenvalue weighted by Crippen LogP contribution is -2.31. The molecule has 6 heteroatoms. The number of nitro groups is 1. The molecule has 0 saturated carbocycles. The van der Waals surface area contributed by atoms with Gasteiger partial charge in [-0.25, -0.2) is 0 Å². The molecule has 1 heterocycles. The number of nitro benzene ring substituents is 1. The number of benzene rings is 1. The normalized spacial score (nSPS) is 17.2. The number of nitriles is 1. The van der Waals surface area contributed by atoms with Crippen molar-refractivity contribution in [2.45, 2.75) is 25.8 Å². The quantitative estimate of drug-likeness (QED) is 0.674. The molecule has 1 aromatic carbocycles. The number of nitrogens with one attached hydrogen (secondary N) is 1. The maximum Gasteiger partial charge on any atom is 0.270 e. The number of non-ortho nitro benzene ring substituents is 1. The van der Waals surface area contributed by atoms with E-state index in [1.807, 2.05) is 6.07 Å². The van der Waals surface area contributed by atoms with Gasteiger partial charge in [-0.2, -0.15) is 5.26 Å². The highest BCUT2D eigenvalue weighted by atomic mass is 16.6. The minimum absolute atomic E-state index is 0.0641. The Balaban J connectivity index is 2.12. The van der Waals surface area contributed by atoms with Crippen LogP contribution in [-0.2, 0) is 4.74 Å². The molecule has 1 aromatic rings. The Morgan fingerprint density at radius 1 is 1.50 bits per heavy atom. The van der Waals surface area contributed by atoms with Crippen molar-refractivity contribution in [2.24, 2.45) is 5.92 Å². The van der Waals surface area contributed by atoms with E-state index in [1.165, 1.54) is 12.1 Å². The van der Waals surface area contributed by atoms with E-state index in [-0.39, 0.29) is 11.7 Å². The van der Waals surface area contributed by atoms with Crippen LogP contribution in [-0.4, -0.2) is 24.2 Å². The van der Waals surface area contributed by atoms with Crippen molar-refractivity contribution >= 4 is 11.4 Å². The summed E-state index contributed by atoms with van der Waals surface area (Å²) in [5.41, 5.74) is 0.890. The summed E-state index contributed by atoms with van der Waals surface area (Å²) in [5, 5.41) is 23.1. The summed E-state index contributed by atoms with van der Waals surface area (Å²) in [4.78, 5) is 10.2. The van der Waals surface area contributed by atoms with Crippen LogP contribution >= 0.6 is 0 Å². The Labute approximate surface area is 117 Å². The third-order valence-electron chi connectivity index (χ3n) is 3.69. The molecule has 1 fully saturated rings. The molecule has 0 amide bonds. The van der Waals surface area contributed by atoms with E-state index in [9.17, 15) is 10.1 Å². The van der Waals surface area contributed by atoms with E-state index in [0.717, 1.165) is 26.1 Å². The zero-order valence-electron chi connectivity index (χ0n) is 11.3. The molecule has 1 atom stereocenters. The Hall–Kier alpha value is -2.13. The van der Waals surface area contributed by atoms with Gasteiger partial charge in [-0.3, -0.25) is 10.1 Å². The Kier molecular flexibility index (Phi) is 4.53. The van der Waals surface area contributed by atoms with Crippen LogP contribution in [0.5, 0.6) is 0 Å². The lowest BCUT2D eigenvalue weighted by Gasteiger charge is -2.29. The molecule has 0 spiro atoms. The molecular formula is C14H17N3O3. The summed E-state index contributed by atoms with van der Waals surface area (Å²) >= 11 is 0. The standard InChI is InChI=1S/C14H17N3O3/c1-10(11-4-6-20-7-5-11)16-14-3-2-13(17(18)19)8-12(14)9-15/h2-3,8,10-11,16H,4-7H2,1H3. The summed E-state index contributed by atoms with van der Waals surface area (Å²) in [7, 11) is 0. The lowest BCUT2D eigenvalue weighted by molar-refractivity contribution is -0.384. The van der Waals surface area contributed by atoms with Gasteiger partial charge >= 0.3 is 0 Å². The van der Waals surface area contributed by atoms with Gasteiger partial charge in [0.1, 0.15) is 6.07 Å². The summed E-state index contributed by atoms with van der Waals surface area (Å²) in [5.74, 6) is 0.491. The van der Waals surface area contributed by atoms with E-state index in [2.05, 4.69) is 12.2 Å². The molecule has 0 bridgehead atoms. The fraction of sp³-hybridized carbons (Fsp3) is 0.500. The van der Waals surface area contributed by atoms with E-state index >= 15 is 0 Å². The molecule has 1 unspecified atom stereocenters. The van der Waals surface area contributed by atoms with Gasteiger partial charge in [-0.1, -0.05) is 0 Å². The van der Waals surface area contributed by atoms with Gasteiger partial charge in [-0.15, -0.1) is 0 Å². The fourth-order valence-corrected chi connectivity index (χ4v) is 2.44. The highest BCUT2D eigenvalue weighted by Crippen LogP contribution is 2.26. The number of hydrogen-bond acceptors (Lipinski definition) is 5. The van der Waals surface area contributed by atoms with Crippen molar-refractivity contribution < 1.29 is 9.66 Å². The monoisotopic (exact) mass is 275 g/mol. The molecule has 1 aliphatic heterocycles. The van der Waals surface area contributed by atoms with Crippen LogP contribution in [0, 0.1) is 27.4 Å². The predicted octanol–water partition coefficient (Wildman–Crippen LogP) is 2.69. The number of anilines is 1. The SMILES string of the molecule is CC(Nc1ccc([N+](=O)[O-])cc1C#N)C1CCOCC1. The second kappa shape index (κ2) is 6.35. The highest BCUT2D eigenvalue weighted by Gasteiger charge is 2.21. The minimum atomic E-state index is -0.494. The third kappa shape index (κ3) is 3.25. The van der Waals surface area contributed by atoms with Gasteiger partial charge in [0.2, 0.25) is 0 Å². The minimum Gasteiger partial charge on any atom is -0.381 e. The first-order valence-electron chi connectivity index (χ1n) is 6.64. The maximum absolute atomic E-state index is 10.7. The first-order chi connectivity index (χ1) is 9.61. The summed E-state index contributed by atoms with van der Waals surface area (Å²) in [6.45, 7) is 3.60. The average molecular weight is 275 g/mol.